The molecular formula is C13H19ClN2O. The molecule has 0 N–H and O–H groups in total. The molecular weight excluding hydrogens is 236 g/mol. The van der Waals surface area contributed by atoms with Gasteiger partial charge in [0, 0.05) is 37.9 Å². The minimum Gasteiger partial charge on any atom is -0.377 e. The van der Waals surface area contributed by atoms with Gasteiger partial charge in [0.25, 0.3) is 0 Å². The van der Waals surface area contributed by atoms with Gasteiger partial charge in [0.05, 0.1) is 12.7 Å². The van der Waals surface area contributed by atoms with E-state index in [2.05, 4.69) is 16.0 Å². The molecule has 2 heterocycles. The highest BCUT2D eigenvalue weighted by atomic mass is 35.5. The van der Waals surface area contributed by atoms with Gasteiger partial charge in [-0.15, -0.1) is 11.6 Å². The molecule has 0 aliphatic carbocycles. The molecule has 0 bridgehead atoms. The summed E-state index contributed by atoms with van der Waals surface area (Å²) in [6, 6.07) is 4.12. The molecule has 1 aromatic rings. The first-order valence-electron chi connectivity index (χ1n) is 6.17. The monoisotopic (exact) mass is 254 g/mol. The number of piperidine rings is 1. The molecule has 2 rings (SSSR count). The molecule has 0 radical (unpaired) electrons. The second kappa shape index (κ2) is 6.94. The third kappa shape index (κ3) is 4.26. The van der Waals surface area contributed by atoms with Crippen molar-refractivity contribution in [1.29, 1.82) is 0 Å². The van der Waals surface area contributed by atoms with Gasteiger partial charge in [-0.1, -0.05) is 6.07 Å². The predicted molar refractivity (Wildman–Crippen MR) is 69.2 cm³/mol. The lowest BCUT2D eigenvalue weighted by Gasteiger charge is -2.31. The van der Waals surface area contributed by atoms with Crippen molar-refractivity contribution in [3.05, 3.63) is 30.1 Å². The fourth-order valence-corrected chi connectivity index (χ4v) is 2.28. The first kappa shape index (κ1) is 12.8. The van der Waals surface area contributed by atoms with Gasteiger partial charge in [-0.2, -0.15) is 0 Å². The zero-order chi connectivity index (χ0) is 11.9. The van der Waals surface area contributed by atoms with Crippen LogP contribution in [0.3, 0.4) is 0 Å². The molecule has 17 heavy (non-hydrogen) atoms. The summed E-state index contributed by atoms with van der Waals surface area (Å²) >= 11 is 5.61. The zero-order valence-corrected chi connectivity index (χ0v) is 10.8. The van der Waals surface area contributed by atoms with Crippen LogP contribution in [0.15, 0.2) is 24.5 Å². The third-order valence-electron chi connectivity index (χ3n) is 3.09. The minimum atomic E-state index is 0.402. The Hall–Kier alpha value is -0.640. The molecule has 0 aromatic carbocycles. The van der Waals surface area contributed by atoms with E-state index in [0.29, 0.717) is 18.6 Å². The maximum atomic E-state index is 5.66. The Morgan fingerprint density at radius 1 is 1.41 bits per heavy atom. The number of rotatable bonds is 5. The fourth-order valence-electron chi connectivity index (χ4n) is 2.20. The van der Waals surface area contributed by atoms with Gasteiger partial charge >= 0.3 is 0 Å². The maximum Gasteiger partial charge on any atom is 0.0605 e. The number of hydrogen-bond acceptors (Lipinski definition) is 3. The molecule has 0 saturated carbocycles. The summed E-state index contributed by atoms with van der Waals surface area (Å²) in [5.41, 5.74) is 1.28. The second-order valence-electron chi connectivity index (χ2n) is 4.40. The van der Waals surface area contributed by atoms with Gasteiger partial charge in [-0.25, -0.2) is 0 Å². The lowest BCUT2D eigenvalue weighted by Crippen LogP contribution is -2.36. The normalized spacial score (nSPS) is 18.4. The van der Waals surface area contributed by atoms with Crippen molar-refractivity contribution in [3.63, 3.8) is 0 Å². The van der Waals surface area contributed by atoms with Crippen molar-refractivity contribution < 1.29 is 4.74 Å². The van der Waals surface area contributed by atoms with Crippen LogP contribution < -0.4 is 0 Å². The smallest absolute Gasteiger partial charge is 0.0605 e. The average Bonchev–Trinajstić information content (AvgIpc) is 2.39. The SMILES string of the molecule is ClCCOC1CCN(Cc2cccnc2)CC1. The van der Waals surface area contributed by atoms with Crippen LogP contribution in [0.25, 0.3) is 0 Å². The molecule has 1 aliphatic rings. The Labute approximate surface area is 108 Å². The van der Waals surface area contributed by atoms with Crippen LogP contribution in [0.1, 0.15) is 18.4 Å². The number of aromatic nitrogens is 1. The van der Waals surface area contributed by atoms with E-state index in [9.17, 15) is 0 Å². The lowest BCUT2D eigenvalue weighted by molar-refractivity contribution is 0.0134. The molecule has 4 heteroatoms. The van der Waals surface area contributed by atoms with Crippen LogP contribution >= 0.6 is 11.6 Å². The maximum absolute atomic E-state index is 5.66. The van der Waals surface area contributed by atoms with Crippen molar-refractivity contribution in [2.24, 2.45) is 0 Å². The van der Waals surface area contributed by atoms with E-state index >= 15 is 0 Å². The van der Waals surface area contributed by atoms with Crippen LogP contribution in [0, 0.1) is 0 Å². The molecule has 0 unspecified atom stereocenters. The Morgan fingerprint density at radius 2 is 2.24 bits per heavy atom. The summed E-state index contributed by atoms with van der Waals surface area (Å²) in [4.78, 5) is 6.60. The molecule has 0 atom stereocenters. The summed E-state index contributed by atoms with van der Waals surface area (Å²) in [5.74, 6) is 0.593. The molecule has 1 saturated heterocycles. The molecule has 3 nitrogen and oxygen atoms in total. The van der Waals surface area contributed by atoms with Crippen LogP contribution in [0.2, 0.25) is 0 Å². The Morgan fingerprint density at radius 3 is 2.88 bits per heavy atom. The number of nitrogens with zero attached hydrogens (tertiary/aromatic N) is 2. The van der Waals surface area contributed by atoms with E-state index in [1.165, 1.54) is 5.56 Å². The van der Waals surface area contributed by atoms with Gasteiger partial charge in [0.2, 0.25) is 0 Å². The van der Waals surface area contributed by atoms with Gasteiger partial charge in [0.15, 0.2) is 0 Å². The number of hydrogen-bond donors (Lipinski definition) is 0. The van der Waals surface area contributed by atoms with Crippen LogP contribution in [0.5, 0.6) is 0 Å². The van der Waals surface area contributed by atoms with E-state index in [-0.39, 0.29) is 0 Å². The topological polar surface area (TPSA) is 25.4 Å². The van der Waals surface area contributed by atoms with Crippen molar-refractivity contribution in [3.8, 4) is 0 Å². The zero-order valence-electron chi connectivity index (χ0n) is 10.0. The molecule has 1 aromatic heterocycles. The highest BCUT2D eigenvalue weighted by molar-refractivity contribution is 6.17. The highest BCUT2D eigenvalue weighted by Crippen LogP contribution is 2.15. The third-order valence-corrected chi connectivity index (χ3v) is 3.25. The number of alkyl halides is 1. The summed E-state index contributed by atoms with van der Waals surface area (Å²) in [6.45, 7) is 3.87. The van der Waals surface area contributed by atoms with E-state index in [0.717, 1.165) is 32.5 Å². The number of likely N-dealkylation sites (tertiary alicyclic amines) is 1. The second-order valence-corrected chi connectivity index (χ2v) is 4.77. The van der Waals surface area contributed by atoms with Gasteiger partial charge in [0.1, 0.15) is 0 Å². The van der Waals surface area contributed by atoms with E-state index < -0.39 is 0 Å². The van der Waals surface area contributed by atoms with Crippen LogP contribution in [0.4, 0.5) is 0 Å². The summed E-state index contributed by atoms with van der Waals surface area (Å²) in [7, 11) is 0. The van der Waals surface area contributed by atoms with Crippen LogP contribution in [-0.4, -0.2) is 41.6 Å². The molecule has 0 amide bonds. The van der Waals surface area contributed by atoms with Crippen molar-refractivity contribution in [2.45, 2.75) is 25.5 Å². The van der Waals surface area contributed by atoms with E-state index in [4.69, 9.17) is 16.3 Å². The van der Waals surface area contributed by atoms with Gasteiger partial charge in [-0.3, -0.25) is 9.88 Å². The predicted octanol–water partition coefficient (Wildman–Crippen LogP) is 2.30. The highest BCUT2D eigenvalue weighted by Gasteiger charge is 2.19. The van der Waals surface area contributed by atoms with Crippen molar-refractivity contribution in [1.82, 2.24) is 9.88 Å². The molecule has 94 valence electrons. The number of ether oxygens (including phenoxy) is 1. The standard InChI is InChI=1S/C13H19ClN2O/c14-5-9-17-13-3-7-16(8-4-13)11-12-2-1-6-15-10-12/h1-2,6,10,13H,3-5,7-9,11H2. The lowest BCUT2D eigenvalue weighted by atomic mass is 10.1. The Bertz CT molecular complexity index is 312. The Kier molecular flexibility index (Phi) is 5.23. The Balaban J connectivity index is 1.72. The minimum absolute atomic E-state index is 0.402. The fraction of sp³-hybridized carbons (Fsp3) is 0.615. The van der Waals surface area contributed by atoms with E-state index in [1.54, 1.807) is 0 Å². The quantitative estimate of drug-likeness (QED) is 0.754. The van der Waals surface area contributed by atoms with Crippen molar-refractivity contribution in [2.75, 3.05) is 25.6 Å². The largest absolute Gasteiger partial charge is 0.377 e. The van der Waals surface area contributed by atoms with Gasteiger partial charge in [-0.05, 0) is 24.5 Å². The molecule has 1 fully saturated rings. The molecule has 0 spiro atoms. The van der Waals surface area contributed by atoms with Crippen LogP contribution in [-0.2, 0) is 11.3 Å². The number of pyridine rings is 1. The molecule has 1 aliphatic heterocycles. The summed E-state index contributed by atoms with van der Waals surface area (Å²) in [5, 5.41) is 0. The van der Waals surface area contributed by atoms with Gasteiger partial charge < -0.3 is 4.74 Å². The van der Waals surface area contributed by atoms with Crippen molar-refractivity contribution >= 4 is 11.6 Å². The first-order chi connectivity index (χ1) is 8.38. The summed E-state index contributed by atoms with van der Waals surface area (Å²) in [6.07, 6.45) is 6.37. The van der Waals surface area contributed by atoms with E-state index in [1.807, 2.05) is 18.5 Å². The number of halogens is 1. The summed E-state index contributed by atoms with van der Waals surface area (Å²) < 4.78 is 5.66. The average molecular weight is 255 g/mol. The first-order valence-corrected chi connectivity index (χ1v) is 6.71.